The Morgan fingerprint density at radius 1 is 1.39 bits per heavy atom. The molecule has 0 aliphatic rings. The molecular weight excluding hydrogens is 279 g/mol. The number of hydrogen-bond acceptors (Lipinski definition) is 4. The number of nitrogens with two attached hydrogens (primary N) is 2. The number of amides is 1. The van der Waals surface area contributed by atoms with Gasteiger partial charge in [0.1, 0.15) is 6.61 Å². The van der Waals surface area contributed by atoms with Crippen LogP contribution in [0.3, 0.4) is 0 Å². The molecule has 1 unspecified atom stereocenters. The molecule has 18 heavy (non-hydrogen) atoms. The molecule has 4 N–H and O–H groups in total. The van der Waals surface area contributed by atoms with Gasteiger partial charge in [0.15, 0.2) is 0 Å². The molecule has 0 aliphatic heterocycles. The van der Waals surface area contributed by atoms with Crippen molar-refractivity contribution >= 4 is 40.8 Å². The van der Waals surface area contributed by atoms with Gasteiger partial charge in [0.2, 0.25) is 5.91 Å². The molecule has 0 bridgehead atoms. The third-order valence-electron chi connectivity index (χ3n) is 2.22. The van der Waals surface area contributed by atoms with Crippen LogP contribution in [0.15, 0.2) is 12.1 Å². The predicted molar refractivity (Wildman–Crippen MR) is 69.5 cm³/mol. The van der Waals surface area contributed by atoms with Crippen LogP contribution in [-0.4, -0.2) is 18.5 Å². The van der Waals surface area contributed by atoms with Crippen LogP contribution in [0.25, 0.3) is 0 Å². The number of benzene rings is 1. The number of nitrogen functional groups attached to an aromatic ring is 1. The summed E-state index contributed by atoms with van der Waals surface area (Å²) >= 11 is 11.6. The molecule has 0 spiro atoms. The normalized spacial score (nSPS) is 11.9. The van der Waals surface area contributed by atoms with E-state index in [9.17, 15) is 9.59 Å². The van der Waals surface area contributed by atoms with Gasteiger partial charge >= 0.3 is 5.97 Å². The zero-order valence-electron chi connectivity index (χ0n) is 9.57. The maximum atomic E-state index is 11.7. The third kappa shape index (κ3) is 3.51. The smallest absolute Gasteiger partial charge is 0.339 e. The van der Waals surface area contributed by atoms with Crippen LogP contribution in [0.1, 0.15) is 17.3 Å². The molecule has 98 valence electrons. The molecule has 0 aliphatic carbocycles. The summed E-state index contributed by atoms with van der Waals surface area (Å²) in [6, 6.07) is 2.78. The van der Waals surface area contributed by atoms with Gasteiger partial charge in [-0.1, -0.05) is 30.1 Å². The maximum absolute atomic E-state index is 11.7. The summed E-state index contributed by atoms with van der Waals surface area (Å²) in [5.74, 6) is -1.84. The first-order valence-corrected chi connectivity index (χ1v) is 5.79. The highest BCUT2D eigenvalue weighted by atomic mass is 35.5. The minimum atomic E-state index is -0.706. The van der Waals surface area contributed by atoms with Crippen molar-refractivity contribution in [1.29, 1.82) is 0 Å². The monoisotopic (exact) mass is 290 g/mol. The number of carbonyl (C=O) groups is 2. The maximum Gasteiger partial charge on any atom is 0.339 e. The lowest BCUT2D eigenvalue weighted by Gasteiger charge is -2.10. The van der Waals surface area contributed by atoms with Crippen molar-refractivity contribution in [3.05, 3.63) is 27.7 Å². The van der Waals surface area contributed by atoms with Gasteiger partial charge in [0, 0.05) is 5.69 Å². The summed E-state index contributed by atoms with van der Waals surface area (Å²) in [5.41, 5.74) is 10.9. The van der Waals surface area contributed by atoms with E-state index in [4.69, 9.17) is 39.4 Å². The van der Waals surface area contributed by atoms with Gasteiger partial charge in [0.05, 0.1) is 21.5 Å². The largest absolute Gasteiger partial charge is 0.461 e. The molecular formula is C11H12Cl2N2O3. The van der Waals surface area contributed by atoms with E-state index in [2.05, 4.69) is 0 Å². The van der Waals surface area contributed by atoms with Gasteiger partial charge in [-0.05, 0) is 12.1 Å². The lowest BCUT2D eigenvalue weighted by molar-refractivity contribution is -0.122. The van der Waals surface area contributed by atoms with Crippen LogP contribution in [0.5, 0.6) is 0 Å². The highest BCUT2D eigenvalue weighted by molar-refractivity contribution is 6.44. The summed E-state index contributed by atoms with van der Waals surface area (Å²) in [6.45, 7) is 1.42. The van der Waals surface area contributed by atoms with E-state index < -0.39 is 17.8 Å². The fraction of sp³-hybridized carbons (Fsp3) is 0.273. The number of halogens is 2. The Bertz CT molecular complexity index is 491. The summed E-state index contributed by atoms with van der Waals surface area (Å²) in [6.07, 6.45) is 0. The van der Waals surface area contributed by atoms with Crippen LogP contribution < -0.4 is 11.5 Å². The summed E-state index contributed by atoms with van der Waals surface area (Å²) < 4.78 is 4.90. The Hall–Kier alpha value is -1.46. The van der Waals surface area contributed by atoms with Crippen molar-refractivity contribution in [2.45, 2.75) is 6.92 Å². The molecule has 0 saturated carbocycles. The van der Waals surface area contributed by atoms with Gasteiger partial charge in [-0.25, -0.2) is 4.79 Å². The number of rotatable bonds is 4. The molecule has 0 fully saturated rings. The Balaban J connectivity index is 2.82. The van der Waals surface area contributed by atoms with Crippen molar-refractivity contribution in [2.24, 2.45) is 11.7 Å². The van der Waals surface area contributed by atoms with E-state index >= 15 is 0 Å². The van der Waals surface area contributed by atoms with Crippen LogP contribution in [0.4, 0.5) is 5.69 Å². The molecule has 0 radical (unpaired) electrons. The molecule has 1 aromatic rings. The van der Waals surface area contributed by atoms with E-state index in [1.165, 1.54) is 12.1 Å². The number of anilines is 1. The first-order chi connectivity index (χ1) is 8.32. The van der Waals surface area contributed by atoms with Gasteiger partial charge in [-0.15, -0.1) is 0 Å². The molecule has 0 heterocycles. The second kappa shape index (κ2) is 5.93. The van der Waals surface area contributed by atoms with E-state index in [0.29, 0.717) is 5.69 Å². The zero-order valence-corrected chi connectivity index (χ0v) is 11.1. The first-order valence-electron chi connectivity index (χ1n) is 5.04. The molecule has 5 nitrogen and oxygen atoms in total. The van der Waals surface area contributed by atoms with E-state index in [0.717, 1.165) is 0 Å². The molecule has 7 heteroatoms. The molecule has 1 aromatic carbocycles. The molecule has 0 aromatic heterocycles. The SMILES string of the molecule is CC(COC(=O)c1cc(N)cc(Cl)c1Cl)C(N)=O. The lowest BCUT2D eigenvalue weighted by atomic mass is 10.2. The molecule has 1 rings (SSSR count). The zero-order chi connectivity index (χ0) is 13.9. The number of esters is 1. The minimum Gasteiger partial charge on any atom is -0.461 e. The highest BCUT2D eigenvalue weighted by Gasteiger charge is 2.18. The van der Waals surface area contributed by atoms with Crippen molar-refractivity contribution in [3.63, 3.8) is 0 Å². The van der Waals surface area contributed by atoms with Crippen LogP contribution in [0.2, 0.25) is 10.0 Å². The molecule has 0 saturated heterocycles. The summed E-state index contributed by atoms with van der Waals surface area (Å²) in [7, 11) is 0. The number of hydrogen-bond donors (Lipinski definition) is 2. The van der Waals surface area contributed by atoms with Gasteiger partial charge in [-0.3, -0.25) is 4.79 Å². The fourth-order valence-electron chi connectivity index (χ4n) is 1.12. The van der Waals surface area contributed by atoms with Gasteiger partial charge in [-0.2, -0.15) is 0 Å². The number of carbonyl (C=O) groups excluding carboxylic acids is 2. The third-order valence-corrected chi connectivity index (χ3v) is 3.02. The Morgan fingerprint density at radius 3 is 2.56 bits per heavy atom. The second-order valence-electron chi connectivity index (χ2n) is 3.77. The number of ether oxygens (including phenoxy) is 1. The Labute approximate surface area is 114 Å². The Kier molecular flexibility index (Phi) is 4.81. The average Bonchev–Trinajstić information content (AvgIpc) is 2.29. The highest BCUT2D eigenvalue weighted by Crippen LogP contribution is 2.29. The molecule has 1 atom stereocenters. The molecule has 1 amide bonds. The summed E-state index contributed by atoms with van der Waals surface area (Å²) in [4.78, 5) is 22.5. The standard InChI is InChI=1S/C11H12Cl2N2O3/c1-5(10(15)16)4-18-11(17)7-2-6(14)3-8(12)9(7)13/h2-3,5H,4,14H2,1H3,(H2,15,16). The van der Waals surface area contributed by atoms with Crippen LogP contribution in [0, 0.1) is 5.92 Å². The van der Waals surface area contributed by atoms with Gasteiger partial charge < -0.3 is 16.2 Å². The fourth-order valence-corrected chi connectivity index (χ4v) is 1.53. The predicted octanol–water partition coefficient (Wildman–Crippen LogP) is 1.85. The van der Waals surface area contributed by atoms with Crippen LogP contribution >= 0.6 is 23.2 Å². The Morgan fingerprint density at radius 2 is 2.00 bits per heavy atom. The topological polar surface area (TPSA) is 95.4 Å². The average molecular weight is 291 g/mol. The first kappa shape index (κ1) is 14.6. The van der Waals surface area contributed by atoms with Crippen molar-refractivity contribution in [1.82, 2.24) is 0 Å². The quantitative estimate of drug-likeness (QED) is 0.653. The van der Waals surface area contributed by atoms with Gasteiger partial charge in [0.25, 0.3) is 0 Å². The second-order valence-corrected chi connectivity index (χ2v) is 4.55. The van der Waals surface area contributed by atoms with E-state index in [1.807, 2.05) is 0 Å². The summed E-state index contributed by atoms with van der Waals surface area (Å²) in [5, 5.41) is 0.217. The van der Waals surface area contributed by atoms with Crippen LogP contribution in [-0.2, 0) is 9.53 Å². The van der Waals surface area contributed by atoms with E-state index in [-0.39, 0.29) is 22.2 Å². The minimum absolute atomic E-state index is 0.0540. The number of primary amides is 1. The van der Waals surface area contributed by atoms with Crippen molar-refractivity contribution in [3.8, 4) is 0 Å². The van der Waals surface area contributed by atoms with Crippen molar-refractivity contribution < 1.29 is 14.3 Å². The lowest BCUT2D eigenvalue weighted by Crippen LogP contribution is -2.26. The van der Waals surface area contributed by atoms with Crippen molar-refractivity contribution in [2.75, 3.05) is 12.3 Å². The van der Waals surface area contributed by atoms with E-state index in [1.54, 1.807) is 6.92 Å².